The summed E-state index contributed by atoms with van der Waals surface area (Å²) < 4.78 is 5.60. The van der Waals surface area contributed by atoms with E-state index < -0.39 is 23.5 Å². The third kappa shape index (κ3) is 4.27. The number of aliphatic carboxylic acids is 1. The molecule has 2 aromatic rings. The lowest BCUT2D eigenvalue weighted by molar-refractivity contribution is -0.145. The monoisotopic (exact) mass is 462 g/mol. The smallest absolute Gasteiger partial charge is 0.408 e. The van der Waals surface area contributed by atoms with Crippen LogP contribution in [-0.4, -0.2) is 41.8 Å². The van der Waals surface area contributed by atoms with E-state index in [2.05, 4.69) is 34.9 Å². The molecule has 2 fully saturated rings. The van der Waals surface area contributed by atoms with Gasteiger partial charge in [0.05, 0.1) is 5.92 Å². The van der Waals surface area contributed by atoms with Gasteiger partial charge in [0.15, 0.2) is 0 Å². The molecule has 3 aliphatic carbocycles. The van der Waals surface area contributed by atoms with E-state index in [0.717, 1.165) is 41.5 Å². The number of ether oxygens (including phenoxy) is 1. The molecule has 3 aliphatic rings. The number of carbonyl (C=O) groups is 3. The molecule has 2 atom stereocenters. The zero-order valence-electron chi connectivity index (χ0n) is 19.1. The van der Waals surface area contributed by atoms with Gasteiger partial charge in [0.25, 0.3) is 0 Å². The van der Waals surface area contributed by atoms with Gasteiger partial charge in [0.1, 0.15) is 12.1 Å². The van der Waals surface area contributed by atoms with E-state index in [-0.39, 0.29) is 24.3 Å². The standard InChI is InChI=1S/C27H30N2O5/c30-24(31)18-8-2-1-7-17(18)15-28-25(32)27(13-14-27)29-26(33)34-16-23-21-11-5-3-9-19(21)20-10-4-6-12-22(20)23/h3-6,9-12,17-18,23H,1-2,7-8,13-16H2,(H,28,32)(H,29,33)(H,30,31)/t17-,18-/m0/s1. The van der Waals surface area contributed by atoms with E-state index in [1.54, 1.807) is 0 Å². The first-order chi connectivity index (χ1) is 16.5. The number of fused-ring (bicyclic) bond motifs is 3. The number of carboxylic acids is 1. The quantitative estimate of drug-likeness (QED) is 0.576. The second-order valence-electron chi connectivity index (χ2n) is 9.73. The first-order valence-corrected chi connectivity index (χ1v) is 12.1. The first-order valence-electron chi connectivity index (χ1n) is 12.1. The zero-order chi connectivity index (χ0) is 23.7. The third-order valence-electron chi connectivity index (χ3n) is 7.62. The van der Waals surface area contributed by atoms with Crippen molar-refractivity contribution in [2.45, 2.75) is 50.0 Å². The van der Waals surface area contributed by atoms with Crippen molar-refractivity contribution in [2.24, 2.45) is 11.8 Å². The molecule has 0 saturated heterocycles. The topological polar surface area (TPSA) is 105 Å². The van der Waals surface area contributed by atoms with Gasteiger partial charge in [-0.3, -0.25) is 9.59 Å². The van der Waals surface area contributed by atoms with Crippen molar-refractivity contribution in [3.05, 3.63) is 59.7 Å². The van der Waals surface area contributed by atoms with E-state index in [0.29, 0.717) is 25.8 Å². The van der Waals surface area contributed by atoms with Crippen molar-refractivity contribution in [3.63, 3.8) is 0 Å². The maximum atomic E-state index is 12.8. The summed E-state index contributed by atoms with van der Waals surface area (Å²) in [7, 11) is 0. The van der Waals surface area contributed by atoms with Gasteiger partial charge in [0, 0.05) is 12.5 Å². The van der Waals surface area contributed by atoms with Crippen LogP contribution in [0.25, 0.3) is 11.1 Å². The number of rotatable bonds is 7. The Balaban J connectivity index is 1.17. The minimum Gasteiger partial charge on any atom is -0.481 e. The number of alkyl carbamates (subject to hydrolysis) is 1. The van der Waals surface area contributed by atoms with Gasteiger partial charge in [-0.05, 0) is 53.9 Å². The molecule has 3 N–H and O–H groups in total. The fourth-order valence-corrected chi connectivity index (χ4v) is 5.53. The lowest BCUT2D eigenvalue weighted by Gasteiger charge is -2.29. The van der Waals surface area contributed by atoms with Gasteiger partial charge < -0.3 is 20.5 Å². The fourth-order valence-electron chi connectivity index (χ4n) is 5.53. The minimum atomic E-state index is -0.948. The van der Waals surface area contributed by atoms with Crippen LogP contribution in [0.15, 0.2) is 48.5 Å². The van der Waals surface area contributed by atoms with E-state index in [1.807, 2.05) is 24.3 Å². The molecule has 2 amide bonds. The molecule has 178 valence electrons. The SMILES string of the molecule is O=C(NC1(C(=O)NC[C@@H]2CCCC[C@@H]2C(=O)O)CC1)OCC1c2ccccc2-c2ccccc21. The minimum absolute atomic E-state index is 0.0404. The summed E-state index contributed by atoms with van der Waals surface area (Å²) in [4.78, 5) is 37.0. The molecular formula is C27H30N2O5. The Labute approximate surface area is 198 Å². The molecule has 0 radical (unpaired) electrons. The van der Waals surface area contributed by atoms with E-state index in [4.69, 9.17) is 4.74 Å². The highest BCUT2D eigenvalue weighted by Crippen LogP contribution is 2.44. The van der Waals surface area contributed by atoms with E-state index in [9.17, 15) is 19.5 Å². The summed E-state index contributed by atoms with van der Waals surface area (Å²) in [6.07, 6.45) is 3.84. The number of benzene rings is 2. The molecule has 0 spiro atoms. The zero-order valence-corrected chi connectivity index (χ0v) is 19.1. The molecule has 0 unspecified atom stereocenters. The van der Waals surface area contributed by atoms with Crippen molar-refractivity contribution in [3.8, 4) is 11.1 Å². The molecule has 0 aliphatic heterocycles. The molecular weight excluding hydrogens is 432 g/mol. The van der Waals surface area contributed by atoms with Crippen molar-refractivity contribution in [1.82, 2.24) is 10.6 Å². The molecule has 2 saturated carbocycles. The van der Waals surface area contributed by atoms with Crippen molar-refractivity contribution in [1.29, 1.82) is 0 Å². The predicted octanol–water partition coefficient (Wildman–Crippen LogP) is 4.06. The summed E-state index contributed by atoms with van der Waals surface area (Å²) >= 11 is 0. The second kappa shape index (κ2) is 9.12. The summed E-state index contributed by atoms with van der Waals surface area (Å²) in [5.41, 5.74) is 3.64. The lowest BCUT2D eigenvalue weighted by Crippen LogP contribution is -2.51. The summed E-state index contributed by atoms with van der Waals surface area (Å²) in [6, 6.07) is 16.3. The summed E-state index contributed by atoms with van der Waals surface area (Å²) in [5.74, 6) is -1.58. The van der Waals surface area contributed by atoms with E-state index >= 15 is 0 Å². The molecule has 0 bridgehead atoms. The Bertz CT molecular complexity index is 1060. The van der Waals surface area contributed by atoms with Crippen molar-refractivity contribution < 1.29 is 24.2 Å². The van der Waals surface area contributed by atoms with E-state index in [1.165, 1.54) is 0 Å². The molecule has 7 nitrogen and oxygen atoms in total. The van der Waals surface area contributed by atoms with Crippen LogP contribution in [0.5, 0.6) is 0 Å². The van der Waals surface area contributed by atoms with Crippen LogP contribution < -0.4 is 10.6 Å². The second-order valence-corrected chi connectivity index (χ2v) is 9.73. The average molecular weight is 463 g/mol. The molecule has 34 heavy (non-hydrogen) atoms. The van der Waals surface area contributed by atoms with Gasteiger partial charge in [-0.15, -0.1) is 0 Å². The predicted molar refractivity (Wildman–Crippen MR) is 126 cm³/mol. The Morgan fingerprint density at radius 2 is 1.56 bits per heavy atom. The Kier molecular flexibility index (Phi) is 6.02. The Morgan fingerprint density at radius 1 is 0.941 bits per heavy atom. The number of hydrogen-bond donors (Lipinski definition) is 3. The van der Waals surface area contributed by atoms with Crippen LogP contribution in [0.2, 0.25) is 0 Å². The molecule has 5 rings (SSSR count). The highest BCUT2D eigenvalue weighted by Gasteiger charge is 2.52. The number of hydrogen-bond acceptors (Lipinski definition) is 4. The highest BCUT2D eigenvalue weighted by atomic mass is 16.5. The Morgan fingerprint density at radius 3 is 2.18 bits per heavy atom. The number of amides is 2. The Hall–Kier alpha value is -3.35. The number of carbonyl (C=O) groups excluding carboxylic acids is 2. The van der Waals surface area contributed by atoms with Gasteiger partial charge in [-0.25, -0.2) is 4.79 Å². The van der Waals surface area contributed by atoms with Gasteiger partial charge in [-0.2, -0.15) is 0 Å². The largest absolute Gasteiger partial charge is 0.481 e. The maximum Gasteiger partial charge on any atom is 0.408 e. The maximum absolute atomic E-state index is 12.8. The van der Waals surface area contributed by atoms with Gasteiger partial charge in [-0.1, -0.05) is 61.4 Å². The summed E-state index contributed by atoms with van der Waals surface area (Å²) in [5, 5.41) is 15.1. The highest BCUT2D eigenvalue weighted by molar-refractivity contribution is 5.92. The molecule has 7 heteroatoms. The van der Waals surface area contributed by atoms with Crippen LogP contribution >= 0.6 is 0 Å². The number of nitrogens with one attached hydrogen (secondary N) is 2. The van der Waals surface area contributed by atoms with Crippen LogP contribution in [-0.2, 0) is 14.3 Å². The van der Waals surface area contributed by atoms with Gasteiger partial charge >= 0.3 is 12.1 Å². The van der Waals surface area contributed by atoms with Gasteiger partial charge in [0.2, 0.25) is 5.91 Å². The number of carboxylic acid groups (broad SMARTS) is 1. The van der Waals surface area contributed by atoms with Crippen molar-refractivity contribution in [2.75, 3.05) is 13.2 Å². The van der Waals surface area contributed by atoms with Crippen molar-refractivity contribution >= 4 is 18.0 Å². The summed E-state index contributed by atoms with van der Waals surface area (Å²) in [6.45, 7) is 0.518. The molecule has 0 heterocycles. The van der Waals surface area contributed by atoms with Crippen LogP contribution in [0.3, 0.4) is 0 Å². The third-order valence-corrected chi connectivity index (χ3v) is 7.62. The lowest BCUT2D eigenvalue weighted by atomic mass is 9.79. The first kappa shape index (κ1) is 22.4. The normalized spacial score (nSPS) is 22.2. The van der Waals surface area contributed by atoms with Crippen LogP contribution in [0.1, 0.15) is 55.6 Å². The fraction of sp³-hybridized carbons (Fsp3) is 0.444. The van der Waals surface area contributed by atoms with Crippen LogP contribution in [0.4, 0.5) is 4.79 Å². The average Bonchev–Trinajstić information content (AvgIpc) is 3.56. The molecule has 0 aromatic heterocycles. The van der Waals surface area contributed by atoms with Crippen LogP contribution in [0, 0.1) is 11.8 Å². The molecule has 2 aromatic carbocycles.